The van der Waals surface area contributed by atoms with Crippen molar-refractivity contribution in [3.05, 3.63) is 53.1 Å². The summed E-state index contributed by atoms with van der Waals surface area (Å²) in [4.78, 5) is 14.3. The molecule has 21 heavy (non-hydrogen) atoms. The van der Waals surface area contributed by atoms with Gasteiger partial charge in [-0.05, 0) is 43.2 Å². The Labute approximate surface area is 125 Å². The third-order valence-electron chi connectivity index (χ3n) is 3.59. The Hall–Kier alpha value is -2.49. The standard InChI is InChI=1S/C17H20N2O2/c1-11-8-12(2)16(18)10-15(11)17(20)19(3)13-6-5-7-14(9-13)21-4/h5-10H,18H2,1-4H3. The van der Waals surface area contributed by atoms with E-state index in [-0.39, 0.29) is 5.91 Å². The van der Waals surface area contributed by atoms with Gasteiger partial charge in [0.05, 0.1) is 7.11 Å². The molecular formula is C17H20N2O2. The molecule has 0 aromatic heterocycles. The molecule has 0 atom stereocenters. The summed E-state index contributed by atoms with van der Waals surface area (Å²) in [7, 11) is 3.35. The molecule has 0 aliphatic heterocycles. The summed E-state index contributed by atoms with van der Waals surface area (Å²) >= 11 is 0. The Morgan fingerprint density at radius 3 is 2.52 bits per heavy atom. The highest BCUT2D eigenvalue weighted by molar-refractivity contribution is 6.07. The van der Waals surface area contributed by atoms with Crippen LogP contribution < -0.4 is 15.4 Å². The van der Waals surface area contributed by atoms with Crippen LogP contribution in [0.5, 0.6) is 5.75 Å². The highest BCUT2D eigenvalue weighted by atomic mass is 16.5. The average molecular weight is 284 g/mol. The smallest absolute Gasteiger partial charge is 0.258 e. The number of nitrogens with two attached hydrogens (primary N) is 1. The number of nitrogen functional groups attached to an aromatic ring is 1. The summed E-state index contributed by atoms with van der Waals surface area (Å²) in [6.45, 7) is 3.85. The van der Waals surface area contributed by atoms with Crippen molar-refractivity contribution in [2.75, 3.05) is 24.8 Å². The predicted molar refractivity (Wildman–Crippen MR) is 86.1 cm³/mol. The molecule has 4 nitrogen and oxygen atoms in total. The first kappa shape index (κ1) is 14.9. The summed E-state index contributed by atoms with van der Waals surface area (Å²) in [5, 5.41) is 0. The normalized spacial score (nSPS) is 10.3. The molecule has 2 aromatic rings. The molecule has 0 saturated carbocycles. The van der Waals surface area contributed by atoms with Crippen molar-refractivity contribution < 1.29 is 9.53 Å². The van der Waals surface area contributed by atoms with E-state index in [1.807, 2.05) is 44.2 Å². The fourth-order valence-corrected chi connectivity index (χ4v) is 2.22. The Bertz CT molecular complexity index is 680. The van der Waals surface area contributed by atoms with E-state index in [2.05, 4.69) is 0 Å². The molecule has 1 amide bonds. The lowest BCUT2D eigenvalue weighted by Gasteiger charge is -2.20. The highest BCUT2D eigenvalue weighted by Crippen LogP contribution is 2.24. The average Bonchev–Trinajstić information content (AvgIpc) is 2.49. The summed E-state index contributed by atoms with van der Waals surface area (Å²) in [6.07, 6.45) is 0. The van der Waals surface area contributed by atoms with Gasteiger partial charge in [0.15, 0.2) is 0 Å². The number of hydrogen-bond acceptors (Lipinski definition) is 3. The second kappa shape index (κ2) is 5.87. The molecule has 2 aromatic carbocycles. The van der Waals surface area contributed by atoms with Gasteiger partial charge in [0.2, 0.25) is 0 Å². The first-order chi connectivity index (χ1) is 9.93. The number of carbonyl (C=O) groups is 1. The maximum atomic E-state index is 12.7. The molecule has 0 unspecified atom stereocenters. The van der Waals surface area contributed by atoms with Crippen LogP contribution in [0.25, 0.3) is 0 Å². The van der Waals surface area contributed by atoms with E-state index in [1.54, 1.807) is 25.1 Å². The number of anilines is 2. The first-order valence-corrected chi connectivity index (χ1v) is 6.73. The van der Waals surface area contributed by atoms with Gasteiger partial charge in [-0.15, -0.1) is 0 Å². The number of methoxy groups -OCH3 is 1. The minimum absolute atomic E-state index is 0.0903. The zero-order chi connectivity index (χ0) is 15.6. The maximum absolute atomic E-state index is 12.7. The van der Waals surface area contributed by atoms with Crippen molar-refractivity contribution in [2.24, 2.45) is 0 Å². The van der Waals surface area contributed by atoms with Crippen LogP contribution in [-0.2, 0) is 0 Å². The molecule has 0 bridgehead atoms. The van der Waals surface area contributed by atoms with Gasteiger partial charge < -0.3 is 15.4 Å². The van der Waals surface area contributed by atoms with Crippen LogP contribution in [0.15, 0.2) is 36.4 Å². The number of nitrogens with zero attached hydrogens (tertiary/aromatic N) is 1. The van der Waals surface area contributed by atoms with Crippen LogP contribution >= 0.6 is 0 Å². The molecule has 2 N–H and O–H groups in total. The number of hydrogen-bond donors (Lipinski definition) is 1. The Balaban J connectivity index is 2.37. The number of rotatable bonds is 3. The van der Waals surface area contributed by atoms with Gasteiger partial charge in [-0.3, -0.25) is 4.79 Å². The van der Waals surface area contributed by atoms with Crippen LogP contribution in [0.4, 0.5) is 11.4 Å². The summed E-state index contributed by atoms with van der Waals surface area (Å²) in [6, 6.07) is 11.1. The SMILES string of the molecule is COc1cccc(N(C)C(=O)c2cc(N)c(C)cc2C)c1. The number of carbonyl (C=O) groups excluding carboxylic acids is 1. The topological polar surface area (TPSA) is 55.6 Å². The molecule has 4 heteroatoms. The third kappa shape index (κ3) is 2.99. The lowest BCUT2D eigenvalue weighted by molar-refractivity contribution is 0.0992. The van der Waals surface area contributed by atoms with E-state index in [4.69, 9.17) is 10.5 Å². The highest BCUT2D eigenvalue weighted by Gasteiger charge is 2.17. The number of aryl methyl sites for hydroxylation is 2. The van der Waals surface area contributed by atoms with Crippen molar-refractivity contribution in [3.63, 3.8) is 0 Å². The monoisotopic (exact) mass is 284 g/mol. The van der Waals surface area contributed by atoms with E-state index in [9.17, 15) is 4.79 Å². The molecule has 0 saturated heterocycles. The second-order valence-electron chi connectivity index (χ2n) is 5.09. The second-order valence-corrected chi connectivity index (χ2v) is 5.09. The van der Waals surface area contributed by atoms with Gasteiger partial charge in [0.1, 0.15) is 5.75 Å². The maximum Gasteiger partial charge on any atom is 0.258 e. The van der Waals surface area contributed by atoms with Crippen LogP contribution in [0, 0.1) is 13.8 Å². The zero-order valence-corrected chi connectivity index (χ0v) is 12.8. The molecule has 110 valence electrons. The van der Waals surface area contributed by atoms with E-state index in [1.165, 1.54) is 0 Å². The Morgan fingerprint density at radius 1 is 1.14 bits per heavy atom. The molecule has 0 spiro atoms. The van der Waals surface area contributed by atoms with Gasteiger partial charge in [-0.2, -0.15) is 0 Å². The van der Waals surface area contributed by atoms with Gasteiger partial charge in [0, 0.05) is 30.1 Å². The van der Waals surface area contributed by atoms with Crippen LogP contribution in [-0.4, -0.2) is 20.1 Å². The van der Waals surface area contributed by atoms with E-state index in [0.717, 1.165) is 16.8 Å². The van der Waals surface area contributed by atoms with E-state index < -0.39 is 0 Å². The molecule has 2 rings (SSSR count). The van der Waals surface area contributed by atoms with Crippen LogP contribution in [0.3, 0.4) is 0 Å². The predicted octanol–water partition coefficient (Wildman–Crippen LogP) is 3.17. The fraction of sp³-hybridized carbons (Fsp3) is 0.235. The van der Waals surface area contributed by atoms with Crippen LogP contribution in [0.1, 0.15) is 21.5 Å². The van der Waals surface area contributed by atoms with Crippen molar-refractivity contribution in [3.8, 4) is 5.75 Å². The minimum Gasteiger partial charge on any atom is -0.497 e. The van der Waals surface area contributed by atoms with Crippen LogP contribution in [0.2, 0.25) is 0 Å². The summed E-state index contributed by atoms with van der Waals surface area (Å²) < 4.78 is 5.19. The molecular weight excluding hydrogens is 264 g/mol. The lowest BCUT2D eigenvalue weighted by atomic mass is 10.0. The van der Waals surface area contributed by atoms with Crippen molar-refractivity contribution in [1.29, 1.82) is 0 Å². The fourth-order valence-electron chi connectivity index (χ4n) is 2.22. The number of amides is 1. The van der Waals surface area contributed by atoms with E-state index in [0.29, 0.717) is 17.0 Å². The lowest BCUT2D eigenvalue weighted by Crippen LogP contribution is -2.27. The zero-order valence-electron chi connectivity index (χ0n) is 12.8. The molecule has 0 fully saturated rings. The number of benzene rings is 2. The van der Waals surface area contributed by atoms with Crippen molar-refractivity contribution in [2.45, 2.75) is 13.8 Å². The molecule has 0 aliphatic carbocycles. The first-order valence-electron chi connectivity index (χ1n) is 6.73. The summed E-state index contributed by atoms with van der Waals surface area (Å²) in [5.41, 5.74) is 9.84. The third-order valence-corrected chi connectivity index (χ3v) is 3.59. The van der Waals surface area contributed by atoms with Gasteiger partial charge in [-0.25, -0.2) is 0 Å². The van der Waals surface area contributed by atoms with Crippen molar-refractivity contribution >= 4 is 17.3 Å². The molecule has 0 radical (unpaired) electrons. The van der Waals surface area contributed by atoms with Gasteiger partial charge in [0.25, 0.3) is 5.91 Å². The Morgan fingerprint density at radius 2 is 1.86 bits per heavy atom. The van der Waals surface area contributed by atoms with E-state index >= 15 is 0 Å². The van der Waals surface area contributed by atoms with Crippen molar-refractivity contribution in [1.82, 2.24) is 0 Å². The largest absolute Gasteiger partial charge is 0.497 e. The molecule has 0 heterocycles. The summed E-state index contributed by atoms with van der Waals surface area (Å²) in [5.74, 6) is 0.625. The van der Waals surface area contributed by atoms with Gasteiger partial charge >= 0.3 is 0 Å². The number of ether oxygens (including phenoxy) is 1. The van der Waals surface area contributed by atoms with Gasteiger partial charge in [-0.1, -0.05) is 12.1 Å². The Kier molecular flexibility index (Phi) is 4.17. The molecule has 0 aliphatic rings. The minimum atomic E-state index is -0.0903. The quantitative estimate of drug-likeness (QED) is 0.881.